The Morgan fingerprint density at radius 1 is 1.56 bits per heavy atom. The van der Waals surface area contributed by atoms with E-state index in [1.165, 1.54) is 6.42 Å². The van der Waals surface area contributed by atoms with Gasteiger partial charge in [-0.2, -0.15) is 0 Å². The lowest BCUT2D eigenvalue weighted by atomic mass is 9.76. The van der Waals surface area contributed by atoms with Gasteiger partial charge in [0.15, 0.2) is 0 Å². The minimum Gasteiger partial charge on any atom is -0.481 e. The lowest BCUT2D eigenvalue weighted by Crippen LogP contribution is -2.40. The van der Waals surface area contributed by atoms with Crippen LogP contribution >= 0.6 is 0 Å². The molecule has 104 valence electrons. The standard InChI is InChI=1S/C14H25NO3/c1-11(2)14(13(16)17)5-6-15(10-14)8-12-4-3-7-18-9-12/h11-12H,3-10H2,1-2H3,(H,16,17). The molecule has 0 aromatic rings. The molecule has 0 bridgehead atoms. The molecule has 2 heterocycles. The molecular formula is C14H25NO3. The second-order valence-corrected chi connectivity index (χ2v) is 6.18. The largest absolute Gasteiger partial charge is 0.481 e. The Balaban J connectivity index is 1.92. The number of rotatable bonds is 4. The van der Waals surface area contributed by atoms with Gasteiger partial charge in [0.1, 0.15) is 0 Å². The normalized spacial score (nSPS) is 34.1. The van der Waals surface area contributed by atoms with Crippen molar-refractivity contribution in [2.24, 2.45) is 17.3 Å². The Kier molecular flexibility index (Phi) is 4.28. The molecule has 4 nitrogen and oxygen atoms in total. The van der Waals surface area contributed by atoms with Gasteiger partial charge < -0.3 is 14.7 Å². The minimum atomic E-state index is -0.625. The summed E-state index contributed by atoms with van der Waals surface area (Å²) in [5.74, 6) is 0.165. The zero-order valence-corrected chi connectivity index (χ0v) is 11.5. The highest BCUT2D eigenvalue weighted by molar-refractivity contribution is 5.75. The van der Waals surface area contributed by atoms with Crippen LogP contribution in [0.5, 0.6) is 0 Å². The fourth-order valence-electron chi connectivity index (χ4n) is 3.28. The van der Waals surface area contributed by atoms with Crippen LogP contribution in [-0.4, -0.2) is 48.8 Å². The van der Waals surface area contributed by atoms with E-state index in [1.54, 1.807) is 0 Å². The van der Waals surface area contributed by atoms with Crippen molar-refractivity contribution in [2.75, 3.05) is 32.8 Å². The van der Waals surface area contributed by atoms with Crippen molar-refractivity contribution < 1.29 is 14.6 Å². The zero-order chi connectivity index (χ0) is 13.2. The Morgan fingerprint density at radius 3 is 2.83 bits per heavy atom. The summed E-state index contributed by atoms with van der Waals surface area (Å²) in [4.78, 5) is 13.9. The van der Waals surface area contributed by atoms with Crippen molar-refractivity contribution >= 4 is 5.97 Å². The fraction of sp³-hybridized carbons (Fsp3) is 0.929. The highest BCUT2D eigenvalue weighted by Crippen LogP contribution is 2.38. The molecule has 2 saturated heterocycles. The van der Waals surface area contributed by atoms with Gasteiger partial charge >= 0.3 is 5.97 Å². The summed E-state index contributed by atoms with van der Waals surface area (Å²) in [7, 11) is 0. The third-order valence-corrected chi connectivity index (χ3v) is 4.68. The number of carboxylic acids is 1. The molecule has 2 atom stereocenters. The van der Waals surface area contributed by atoms with Crippen molar-refractivity contribution in [3.8, 4) is 0 Å². The Bertz CT molecular complexity index is 299. The van der Waals surface area contributed by atoms with Gasteiger partial charge in [0.05, 0.1) is 12.0 Å². The fourth-order valence-corrected chi connectivity index (χ4v) is 3.28. The highest BCUT2D eigenvalue weighted by atomic mass is 16.5. The number of carboxylic acid groups (broad SMARTS) is 1. The number of hydrogen-bond donors (Lipinski definition) is 1. The van der Waals surface area contributed by atoms with Gasteiger partial charge in [0.2, 0.25) is 0 Å². The van der Waals surface area contributed by atoms with Gasteiger partial charge in [-0.15, -0.1) is 0 Å². The molecule has 0 aromatic carbocycles. The first-order valence-electron chi connectivity index (χ1n) is 7.08. The van der Waals surface area contributed by atoms with E-state index in [-0.39, 0.29) is 5.92 Å². The summed E-state index contributed by atoms with van der Waals surface area (Å²) in [5.41, 5.74) is -0.532. The predicted octanol–water partition coefficient (Wildman–Crippen LogP) is 1.85. The average molecular weight is 255 g/mol. The van der Waals surface area contributed by atoms with Crippen molar-refractivity contribution in [1.29, 1.82) is 0 Å². The molecule has 0 spiro atoms. The van der Waals surface area contributed by atoms with Crippen molar-refractivity contribution in [2.45, 2.75) is 33.1 Å². The van der Waals surface area contributed by atoms with E-state index in [9.17, 15) is 9.90 Å². The van der Waals surface area contributed by atoms with Crippen LogP contribution in [0.3, 0.4) is 0 Å². The second kappa shape index (κ2) is 5.57. The van der Waals surface area contributed by atoms with E-state index < -0.39 is 11.4 Å². The number of aliphatic carboxylic acids is 1. The molecule has 2 aliphatic rings. The van der Waals surface area contributed by atoms with Gasteiger partial charge in [-0.1, -0.05) is 13.8 Å². The van der Waals surface area contributed by atoms with Crippen LogP contribution in [-0.2, 0) is 9.53 Å². The molecule has 2 aliphatic heterocycles. The molecule has 2 rings (SSSR count). The average Bonchev–Trinajstić information content (AvgIpc) is 2.76. The molecule has 0 aliphatic carbocycles. The number of hydrogen-bond acceptors (Lipinski definition) is 3. The van der Waals surface area contributed by atoms with Crippen molar-refractivity contribution in [3.05, 3.63) is 0 Å². The van der Waals surface area contributed by atoms with Gasteiger partial charge in [-0.3, -0.25) is 4.79 Å². The molecule has 18 heavy (non-hydrogen) atoms. The Hall–Kier alpha value is -0.610. The van der Waals surface area contributed by atoms with Gasteiger partial charge in [0.25, 0.3) is 0 Å². The topological polar surface area (TPSA) is 49.8 Å². The zero-order valence-electron chi connectivity index (χ0n) is 11.5. The number of ether oxygens (including phenoxy) is 1. The van der Waals surface area contributed by atoms with E-state index in [0.29, 0.717) is 12.5 Å². The number of likely N-dealkylation sites (tertiary alicyclic amines) is 1. The van der Waals surface area contributed by atoms with E-state index in [0.717, 1.165) is 39.1 Å². The summed E-state index contributed by atoms with van der Waals surface area (Å²) >= 11 is 0. The Morgan fingerprint density at radius 2 is 2.33 bits per heavy atom. The number of carbonyl (C=O) groups is 1. The maximum absolute atomic E-state index is 11.6. The predicted molar refractivity (Wildman–Crippen MR) is 69.5 cm³/mol. The van der Waals surface area contributed by atoms with E-state index in [1.807, 2.05) is 13.8 Å². The maximum Gasteiger partial charge on any atom is 0.311 e. The maximum atomic E-state index is 11.6. The van der Waals surface area contributed by atoms with Crippen LogP contribution < -0.4 is 0 Å². The first-order valence-corrected chi connectivity index (χ1v) is 7.08. The molecule has 4 heteroatoms. The van der Waals surface area contributed by atoms with E-state index >= 15 is 0 Å². The smallest absolute Gasteiger partial charge is 0.311 e. The summed E-state index contributed by atoms with van der Waals surface area (Å²) in [6.07, 6.45) is 3.15. The molecule has 0 amide bonds. The van der Waals surface area contributed by atoms with Crippen LogP contribution in [0.2, 0.25) is 0 Å². The number of nitrogens with zero attached hydrogens (tertiary/aromatic N) is 1. The third-order valence-electron chi connectivity index (χ3n) is 4.68. The molecule has 2 unspecified atom stereocenters. The highest BCUT2D eigenvalue weighted by Gasteiger charge is 2.47. The lowest BCUT2D eigenvalue weighted by molar-refractivity contribution is -0.151. The molecular weight excluding hydrogens is 230 g/mol. The Labute approximate surface area is 109 Å². The molecule has 0 radical (unpaired) electrons. The van der Waals surface area contributed by atoms with Crippen LogP contribution in [0.25, 0.3) is 0 Å². The van der Waals surface area contributed by atoms with E-state index in [4.69, 9.17) is 4.74 Å². The summed E-state index contributed by atoms with van der Waals surface area (Å²) in [5, 5.41) is 9.51. The lowest BCUT2D eigenvalue weighted by Gasteiger charge is -2.31. The van der Waals surface area contributed by atoms with Crippen LogP contribution in [0.15, 0.2) is 0 Å². The molecule has 0 saturated carbocycles. The van der Waals surface area contributed by atoms with Crippen molar-refractivity contribution in [1.82, 2.24) is 4.90 Å². The van der Waals surface area contributed by atoms with Crippen LogP contribution in [0.4, 0.5) is 0 Å². The molecule has 0 aromatic heterocycles. The second-order valence-electron chi connectivity index (χ2n) is 6.18. The van der Waals surface area contributed by atoms with Crippen LogP contribution in [0.1, 0.15) is 33.1 Å². The summed E-state index contributed by atoms with van der Waals surface area (Å²) < 4.78 is 5.50. The summed E-state index contributed by atoms with van der Waals surface area (Å²) in [6.45, 7) is 8.42. The van der Waals surface area contributed by atoms with Gasteiger partial charge in [-0.25, -0.2) is 0 Å². The summed E-state index contributed by atoms with van der Waals surface area (Å²) in [6, 6.07) is 0. The SMILES string of the molecule is CC(C)C1(C(=O)O)CCN(CC2CCCOC2)C1. The van der Waals surface area contributed by atoms with Gasteiger partial charge in [0, 0.05) is 19.7 Å². The third kappa shape index (κ3) is 2.69. The monoisotopic (exact) mass is 255 g/mol. The minimum absolute atomic E-state index is 0.197. The molecule has 1 N–H and O–H groups in total. The first kappa shape index (κ1) is 13.8. The van der Waals surface area contributed by atoms with E-state index in [2.05, 4.69) is 4.90 Å². The quantitative estimate of drug-likeness (QED) is 0.833. The first-order chi connectivity index (χ1) is 8.54. The van der Waals surface area contributed by atoms with Crippen LogP contribution in [0, 0.1) is 17.3 Å². The molecule has 2 fully saturated rings. The van der Waals surface area contributed by atoms with Gasteiger partial charge in [-0.05, 0) is 37.6 Å². The van der Waals surface area contributed by atoms with Crippen molar-refractivity contribution in [3.63, 3.8) is 0 Å².